The van der Waals surface area contributed by atoms with Crippen LogP contribution in [0.3, 0.4) is 0 Å². The number of hydrogen-bond donors (Lipinski definition) is 0. The lowest BCUT2D eigenvalue weighted by Crippen LogP contribution is -2.28. The molecule has 0 spiro atoms. The van der Waals surface area contributed by atoms with Gasteiger partial charge in [0.2, 0.25) is 5.78 Å². The van der Waals surface area contributed by atoms with Gasteiger partial charge in [-0.05, 0) is 24.1 Å². The van der Waals surface area contributed by atoms with Crippen molar-refractivity contribution in [1.82, 2.24) is 0 Å². The second-order valence-corrected chi connectivity index (χ2v) is 6.63. The summed E-state index contributed by atoms with van der Waals surface area (Å²) in [5, 5.41) is 0. The topological polar surface area (TPSA) is 52.6 Å². The third-order valence-corrected chi connectivity index (χ3v) is 5.08. The summed E-state index contributed by atoms with van der Waals surface area (Å²) in [6.07, 6.45) is 1.31. The first-order valence-electron chi connectivity index (χ1n) is 8.85. The molecule has 2 aromatic rings. The second-order valence-electron chi connectivity index (χ2n) is 6.63. The first kappa shape index (κ1) is 16.6. The van der Waals surface area contributed by atoms with Crippen molar-refractivity contribution >= 4 is 11.6 Å². The van der Waals surface area contributed by atoms with E-state index in [-0.39, 0.29) is 17.5 Å². The summed E-state index contributed by atoms with van der Waals surface area (Å²) >= 11 is 0. The highest BCUT2D eigenvalue weighted by atomic mass is 16.5. The monoisotopic (exact) mass is 348 g/mol. The Hall–Kier alpha value is -2.88. The fourth-order valence-electron chi connectivity index (χ4n) is 3.80. The van der Waals surface area contributed by atoms with Crippen molar-refractivity contribution in [2.75, 3.05) is 7.11 Å². The molecule has 0 bridgehead atoms. The van der Waals surface area contributed by atoms with E-state index in [2.05, 4.69) is 0 Å². The van der Waals surface area contributed by atoms with Gasteiger partial charge in [0.15, 0.2) is 11.9 Å². The molecule has 4 heteroatoms. The zero-order valence-corrected chi connectivity index (χ0v) is 14.6. The highest BCUT2D eigenvalue weighted by Crippen LogP contribution is 2.45. The number of ether oxygens (including phenoxy) is 2. The molecule has 0 N–H and O–H groups in total. The Morgan fingerprint density at radius 1 is 1.04 bits per heavy atom. The number of hydrogen-bond acceptors (Lipinski definition) is 4. The number of methoxy groups -OCH3 is 1. The average molecular weight is 348 g/mol. The van der Waals surface area contributed by atoms with Gasteiger partial charge >= 0.3 is 0 Å². The van der Waals surface area contributed by atoms with Crippen molar-refractivity contribution in [2.45, 2.75) is 31.3 Å². The summed E-state index contributed by atoms with van der Waals surface area (Å²) < 4.78 is 11.3. The van der Waals surface area contributed by atoms with E-state index in [1.807, 2.05) is 42.5 Å². The van der Waals surface area contributed by atoms with E-state index in [4.69, 9.17) is 9.47 Å². The Bertz CT molecular complexity index is 865. The van der Waals surface area contributed by atoms with Crippen LogP contribution >= 0.6 is 0 Å². The van der Waals surface area contributed by atoms with Crippen molar-refractivity contribution in [3.63, 3.8) is 0 Å². The zero-order chi connectivity index (χ0) is 18.1. The standard InChI is InChI=1S/C22H20O4/c1-25-16-12-10-14(11-13-16)19-20-17(23)8-5-9-18(20)26-22(19)21(24)15-6-3-2-4-7-15/h2-4,6-7,10-13,19,22H,5,8-9H2,1H3/t19-,22-/m0/s1. The predicted octanol–water partition coefficient (Wildman–Crippen LogP) is 4.07. The third-order valence-electron chi connectivity index (χ3n) is 5.08. The summed E-state index contributed by atoms with van der Waals surface area (Å²) in [6.45, 7) is 0. The van der Waals surface area contributed by atoms with Crippen molar-refractivity contribution in [3.05, 3.63) is 77.1 Å². The zero-order valence-electron chi connectivity index (χ0n) is 14.6. The van der Waals surface area contributed by atoms with Gasteiger partial charge < -0.3 is 9.47 Å². The van der Waals surface area contributed by atoms with Crippen LogP contribution in [0.4, 0.5) is 0 Å². The fraction of sp³-hybridized carbons (Fsp3) is 0.273. The van der Waals surface area contributed by atoms with Crippen LogP contribution in [0.5, 0.6) is 5.75 Å². The molecule has 0 amide bonds. The maximum atomic E-state index is 13.1. The van der Waals surface area contributed by atoms with Crippen LogP contribution in [0.25, 0.3) is 0 Å². The second kappa shape index (κ2) is 6.79. The molecule has 0 unspecified atom stereocenters. The van der Waals surface area contributed by atoms with E-state index in [1.165, 1.54) is 0 Å². The molecule has 1 aliphatic heterocycles. The lowest BCUT2D eigenvalue weighted by atomic mass is 9.80. The molecule has 1 heterocycles. The molecule has 2 aliphatic rings. The molecular weight excluding hydrogens is 328 g/mol. The largest absolute Gasteiger partial charge is 0.497 e. The molecule has 2 atom stereocenters. The Labute approximate surface area is 152 Å². The minimum Gasteiger partial charge on any atom is -0.497 e. The van der Waals surface area contributed by atoms with Gasteiger partial charge in [0, 0.05) is 24.0 Å². The molecule has 26 heavy (non-hydrogen) atoms. The smallest absolute Gasteiger partial charge is 0.204 e. The van der Waals surface area contributed by atoms with Gasteiger partial charge in [-0.25, -0.2) is 0 Å². The number of allylic oxidation sites excluding steroid dienone is 1. The predicted molar refractivity (Wildman–Crippen MR) is 97.3 cm³/mol. The maximum absolute atomic E-state index is 13.1. The first-order chi connectivity index (χ1) is 12.7. The number of benzene rings is 2. The molecule has 1 aliphatic carbocycles. The summed E-state index contributed by atoms with van der Waals surface area (Å²) in [6, 6.07) is 16.7. The molecule has 4 nitrogen and oxygen atoms in total. The Morgan fingerprint density at radius 2 is 1.77 bits per heavy atom. The molecule has 4 rings (SSSR count). The third kappa shape index (κ3) is 2.81. The highest BCUT2D eigenvalue weighted by Gasteiger charge is 2.45. The van der Waals surface area contributed by atoms with E-state index < -0.39 is 6.10 Å². The van der Waals surface area contributed by atoms with Crippen LogP contribution in [0.2, 0.25) is 0 Å². The summed E-state index contributed by atoms with van der Waals surface area (Å²) in [4.78, 5) is 25.7. The van der Waals surface area contributed by atoms with E-state index >= 15 is 0 Å². The molecule has 0 radical (unpaired) electrons. The van der Waals surface area contributed by atoms with E-state index in [0.717, 1.165) is 17.7 Å². The van der Waals surface area contributed by atoms with Crippen LogP contribution < -0.4 is 4.74 Å². The number of rotatable bonds is 4. The van der Waals surface area contributed by atoms with Gasteiger partial charge in [-0.1, -0.05) is 42.5 Å². The van der Waals surface area contributed by atoms with Gasteiger partial charge in [-0.15, -0.1) is 0 Å². The molecular formula is C22H20O4. The Balaban J connectivity index is 1.76. The summed E-state index contributed by atoms with van der Waals surface area (Å²) in [7, 11) is 1.61. The van der Waals surface area contributed by atoms with Crippen molar-refractivity contribution in [3.8, 4) is 5.75 Å². The number of carbonyl (C=O) groups excluding carboxylic acids is 2. The minimum absolute atomic E-state index is 0.0892. The van der Waals surface area contributed by atoms with Crippen molar-refractivity contribution in [2.24, 2.45) is 0 Å². The summed E-state index contributed by atoms with van der Waals surface area (Å²) in [5.41, 5.74) is 2.18. The molecule has 0 aromatic heterocycles. The van der Waals surface area contributed by atoms with Crippen LogP contribution in [0, 0.1) is 0 Å². The van der Waals surface area contributed by atoms with Gasteiger partial charge in [0.25, 0.3) is 0 Å². The van der Waals surface area contributed by atoms with Gasteiger partial charge in [-0.2, -0.15) is 0 Å². The lowest BCUT2D eigenvalue weighted by Gasteiger charge is -2.20. The maximum Gasteiger partial charge on any atom is 0.204 e. The quantitative estimate of drug-likeness (QED) is 0.782. The van der Waals surface area contributed by atoms with Crippen LogP contribution in [-0.2, 0) is 9.53 Å². The Morgan fingerprint density at radius 3 is 2.46 bits per heavy atom. The minimum atomic E-state index is -0.696. The Kier molecular flexibility index (Phi) is 4.33. The molecule has 0 saturated carbocycles. The van der Waals surface area contributed by atoms with Crippen molar-refractivity contribution in [1.29, 1.82) is 0 Å². The molecule has 0 saturated heterocycles. The average Bonchev–Trinajstić information content (AvgIpc) is 3.09. The van der Waals surface area contributed by atoms with Gasteiger partial charge in [0.1, 0.15) is 11.5 Å². The van der Waals surface area contributed by atoms with Gasteiger partial charge in [-0.3, -0.25) is 9.59 Å². The van der Waals surface area contributed by atoms with Crippen LogP contribution in [0.15, 0.2) is 65.9 Å². The number of carbonyl (C=O) groups is 2. The fourth-order valence-corrected chi connectivity index (χ4v) is 3.80. The SMILES string of the molecule is COc1ccc([C@H]2C3=C(CCCC3=O)O[C@@H]2C(=O)c2ccccc2)cc1. The van der Waals surface area contributed by atoms with Gasteiger partial charge in [0.05, 0.1) is 13.0 Å². The van der Waals surface area contributed by atoms with Crippen LogP contribution in [0.1, 0.15) is 41.1 Å². The number of Topliss-reactive ketones (excluding diaryl/α,β-unsaturated/α-hetero) is 2. The van der Waals surface area contributed by atoms with E-state index in [0.29, 0.717) is 29.7 Å². The van der Waals surface area contributed by atoms with E-state index in [1.54, 1.807) is 19.2 Å². The molecule has 132 valence electrons. The molecule has 0 fully saturated rings. The number of ketones is 2. The normalized spacial score (nSPS) is 22.0. The lowest BCUT2D eigenvalue weighted by molar-refractivity contribution is -0.116. The molecule has 2 aromatic carbocycles. The van der Waals surface area contributed by atoms with Crippen LogP contribution in [-0.4, -0.2) is 24.8 Å². The summed E-state index contributed by atoms with van der Waals surface area (Å²) in [5.74, 6) is 1.07. The van der Waals surface area contributed by atoms with E-state index in [9.17, 15) is 9.59 Å². The van der Waals surface area contributed by atoms with Crippen molar-refractivity contribution < 1.29 is 19.1 Å². The highest BCUT2D eigenvalue weighted by molar-refractivity contribution is 6.05. The first-order valence-corrected chi connectivity index (χ1v) is 8.85.